The second-order valence-electron chi connectivity index (χ2n) is 16.2. The number of hydrogen-bond donors (Lipinski definition) is 0. The fourth-order valence-corrected chi connectivity index (χ4v) is 10.3. The first-order valence-corrected chi connectivity index (χ1v) is 19.7. The van der Waals surface area contributed by atoms with Gasteiger partial charge in [0.2, 0.25) is 0 Å². The Labute approximate surface area is 328 Å². The molecule has 0 radical (unpaired) electrons. The van der Waals surface area contributed by atoms with Crippen LogP contribution in [0, 0.1) is 40.4 Å². The summed E-state index contributed by atoms with van der Waals surface area (Å²) in [6, 6.07) is 54.4. The highest BCUT2D eigenvalue weighted by Crippen LogP contribution is 2.60. The van der Waals surface area contributed by atoms with E-state index in [9.17, 15) is 10.5 Å². The van der Waals surface area contributed by atoms with E-state index < -0.39 is 0 Å². The lowest BCUT2D eigenvalue weighted by Crippen LogP contribution is -2.48. The lowest BCUT2D eigenvalue weighted by atomic mass is 9.48. The van der Waals surface area contributed by atoms with Crippen molar-refractivity contribution in [2.75, 3.05) is 0 Å². The number of aromatic nitrogens is 3. The van der Waals surface area contributed by atoms with Gasteiger partial charge < -0.3 is 0 Å². The predicted octanol–water partition coefficient (Wildman–Crippen LogP) is 12.1. The maximum atomic E-state index is 9.72. The van der Waals surface area contributed by atoms with Crippen LogP contribution in [-0.4, -0.2) is 15.0 Å². The normalized spacial score (nSPS) is 20.6. The minimum atomic E-state index is 0.335. The van der Waals surface area contributed by atoms with Crippen LogP contribution in [0.2, 0.25) is 0 Å². The molecule has 0 saturated heterocycles. The van der Waals surface area contributed by atoms with E-state index in [1.807, 2.05) is 30.3 Å². The molecule has 0 spiro atoms. The number of benzene rings is 6. The van der Waals surface area contributed by atoms with Gasteiger partial charge in [0.15, 0.2) is 17.5 Å². The molecule has 1 aromatic heterocycles. The molecule has 0 atom stereocenters. The minimum Gasteiger partial charge on any atom is -0.208 e. The van der Waals surface area contributed by atoms with Crippen LogP contribution in [0.25, 0.3) is 67.5 Å². The standard InChI is InChI=1S/C51H39N5/c52-31-33-7-4-13-42(22-33)48-54-49(43-14-5-8-34(23-43)32-53)56-50(55-48)46-26-44(25-45(27-46)41-12-6-11-40(24-41)38-9-2-1-3-10-38)39-15-17-47(18-16-39)51-28-35-19-36(29-51)21-37(20-35)30-51/h1-18,22-27,35-37H,19-21,28-30H2/t35-,36-,37-,51?. The van der Waals surface area contributed by atoms with E-state index in [2.05, 4.69) is 103 Å². The van der Waals surface area contributed by atoms with E-state index in [1.165, 1.54) is 44.1 Å². The van der Waals surface area contributed by atoms with E-state index in [0.29, 0.717) is 34.0 Å². The summed E-state index contributed by atoms with van der Waals surface area (Å²) in [7, 11) is 0. The molecule has 4 saturated carbocycles. The van der Waals surface area contributed by atoms with Crippen LogP contribution in [-0.2, 0) is 5.41 Å². The van der Waals surface area contributed by atoms with Gasteiger partial charge in [0.1, 0.15) is 0 Å². The molecular formula is C51H39N5. The summed E-state index contributed by atoms with van der Waals surface area (Å²) in [6.07, 6.45) is 8.34. The topological polar surface area (TPSA) is 86.2 Å². The summed E-state index contributed by atoms with van der Waals surface area (Å²) < 4.78 is 0. The molecule has 56 heavy (non-hydrogen) atoms. The summed E-state index contributed by atoms with van der Waals surface area (Å²) in [4.78, 5) is 15.1. The van der Waals surface area contributed by atoms with Gasteiger partial charge in [0.05, 0.1) is 23.3 Å². The Bertz CT molecular complexity index is 2590. The Morgan fingerprint density at radius 3 is 1.36 bits per heavy atom. The van der Waals surface area contributed by atoms with E-state index in [-0.39, 0.29) is 0 Å². The molecule has 5 heteroatoms. The van der Waals surface area contributed by atoms with E-state index in [0.717, 1.165) is 67.8 Å². The van der Waals surface area contributed by atoms with Gasteiger partial charge in [-0.05, 0) is 149 Å². The first kappa shape index (κ1) is 33.8. The van der Waals surface area contributed by atoms with Crippen LogP contribution in [0.15, 0.2) is 146 Å². The van der Waals surface area contributed by atoms with Gasteiger partial charge in [-0.1, -0.05) is 97.1 Å². The van der Waals surface area contributed by atoms with Gasteiger partial charge in [-0.2, -0.15) is 10.5 Å². The van der Waals surface area contributed by atoms with Crippen molar-refractivity contribution in [3.63, 3.8) is 0 Å². The average Bonchev–Trinajstić information content (AvgIpc) is 3.26. The van der Waals surface area contributed by atoms with Gasteiger partial charge in [-0.25, -0.2) is 15.0 Å². The SMILES string of the molecule is N#Cc1cccc(-c2nc(-c3cccc(C#N)c3)nc(-c3cc(-c4ccc(C56C[C@H]7C[C@H](C5)C[C@@H](C6)C7)cc4)cc(-c4cccc(-c5ccccc5)c4)c3)n2)c1. The van der Waals surface area contributed by atoms with Crippen LogP contribution in [0.1, 0.15) is 55.2 Å². The quantitative estimate of drug-likeness (QED) is 0.164. The zero-order valence-electron chi connectivity index (χ0n) is 31.1. The van der Waals surface area contributed by atoms with Crippen LogP contribution >= 0.6 is 0 Å². The number of nitrogens with zero attached hydrogens (tertiary/aromatic N) is 5. The first-order valence-electron chi connectivity index (χ1n) is 19.7. The minimum absolute atomic E-state index is 0.335. The summed E-state index contributed by atoms with van der Waals surface area (Å²) in [5.74, 6) is 4.12. The smallest absolute Gasteiger partial charge is 0.164 e. The zero-order chi connectivity index (χ0) is 37.6. The fourth-order valence-electron chi connectivity index (χ4n) is 10.3. The third-order valence-electron chi connectivity index (χ3n) is 12.5. The lowest BCUT2D eigenvalue weighted by molar-refractivity contribution is -0.00518. The maximum absolute atomic E-state index is 9.72. The van der Waals surface area contributed by atoms with Crippen LogP contribution in [0.4, 0.5) is 0 Å². The van der Waals surface area contributed by atoms with Crippen LogP contribution in [0.3, 0.4) is 0 Å². The number of rotatable bonds is 7. The van der Waals surface area contributed by atoms with Gasteiger partial charge in [0.25, 0.3) is 0 Å². The lowest BCUT2D eigenvalue weighted by Gasteiger charge is -2.57. The van der Waals surface area contributed by atoms with Gasteiger partial charge in [-0.15, -0.1) is 0 Å². The molecule has 7 aromatic rings. The van der Waals surface area contributed by atoms with E-state index in [1.54, 1.807) is 24.3 Å². The Kier molecular flexibility index (Phi) is 8.38. The largest absolute Gasteiger partial charge is 0.208 e. The highest BCUT2D eigenvalue weighted by molar-refractivity contribution is 5.82. The third kappa shape index (κ3) is 6.36. The molecule has 0 N–H and O–H groups in total. The molecule has 4 fully saturated rings. The van der Waals surface area contributed by atoms with Crippen LogP contribution in [0.5, 0.6) is 0 Å². The van der Waals surface area contributed by atoms with Crippen molar-refractivity contribution in [3.05, 3.63) is 162 Å². The molecular weight excluding hydrogens is 683 g/mol. The second kappa shape index (κ2) is 13.9. The summed E-state index contributed by atoms with van der Waals surface area (Å²) in [6.45, 7) is 0. The Hall–Kier alpha value is -6.69. The van der Waals surface area contributed by atoms with Crippen molar-refractivity contribution >= 4 is 0 Å². The van der Waals surface area contributed by atoms with Gasteiger partial charge in [-0.3, -0.25) is 0 Å². The van der Waals surface area contributed by atoms with Crippen molar-refractivity contribution in [3.8, 4) is 79.7 Å². The third-order valence-corrected chi connectivity index (χ3v) is 12.5. The zero-order valence-corrected chi connectivity index (χ0v) is 31.1. The fraction of sp³-hybridized carbons (Fsp3) is 0.196. The van der Waals surface area contributed by atoms with Crippen molar-refractivity contribution in [1.29, 1.82) is 10.5 Å². The number of hydrogen-bond acceptors (Lipinski definition) is 5. The number of nitriles is 2. The molecule has 4 aliphatic carbocycles. The van der Waals surface area contributed by atoms with E-state index >= 15 is 0 Å². The van der Waals surface area contributed by atoms with Crippen molar-refractivity contribution in [1.82, 2.24) is 15.0 Å². The molecule has 4 bridgehead atoms. The van der Waals surface area contributed by atoms with Gasteiger partial charge >= 0.3 is 0 Å². The summed E-state index contributed by atoms with van der Waals surface area (Å²) in [5, 5.41) is 19.4. The maximum Gasteiger partial charge on any atom is 0.164 e. The molecule has 0 unspecified atom stereocenters. The Morgan fingerprint density at radius 1 is 0.393 bits per heavy atom. The summed E-state index contributed by atoms with van der Waals surface area (Å²) >= 11 is 0. The van der Waals surface area contributed by atoms with Crippen molar-refractivity contribution in [2.24, 2.45) is 17.8 Å². The van der Waals surface area contributed by atoms with Gasteiger partial charge in [0, 0.05) is 16.7 Å². The Balaban J connectivity index is 1.13. The average molecular weight is 722 g/mol. The van der Waals surface area contributed by atoms with E-state index in [4.69, 9.17) is 15.0 Å². The molecule has 11 rings (SSSR count). The van der Waals surface area contributed by atoms with Crippen LogP contribution < -0.4 is 0 Å². The molecule has 6 aromatic carbocycles. The molecule has 268 valence electrons. The summed E-state index contributed by atoms with van der Waals surface area (Å²) in [5.41, 5.74) is 11.9. The molecule has 1 heterocycles. The highest BCUT2D eigenvalue weighted by Gasteiger charge is 2.51. The highest BCUT2D eigenvalue weighted by atomic mass is 15.0. The molecule has 5 nitrogen and oxygen atoms in total. The molecule has 4 aliphatic rings. The first-order chi connectivity index (χ1) is 27.5. The second-order valence-corrected chi connectivity index (χ2v) is 16.2. The predicted molar refractivity (Wildman–Crippen MR) is 222 cm³/mol. The van der Waals surface area contributed by atoms with Crippen molar-refractivity contribution in [2.45, 2.75) is 43.9 Å². The molecule has 0 aliphatic heterocycles. The van der Waals surface area contributed by atoms with Crippen molar-refractivity contribution < 1.29 is 0 Å². The molecule has 0 amide bonds. The monoisotopic (exact) mass is 721 g/mol. The Morgan fingerprint density at radius 2 is 0.804 bits per heavy atom.